The van der Waals surface area contributed by atoms with Crippen LogP contribution >= 0.6 is 39.4 Å². The molecule has 1 fully saturated rings. The molecule has 0 aromatic carbocycles. The predicted molar refractivity (Wildman–Crippen MR) is 98.1 cm³/mol. The number of hydrogen-bond donors (Lipinski definition) is 9. The van der Waals surface area contributed by atoms with E-state index in [-0.39, 0.29) is 4.47 Å². The van der Waals surface area contributed by atoms with E-state index in [1.165, 1.54) is 0 Å². The summed E-state index contributed by atoms with van der Waals surface area (Å²) < 4.78 is 42.6. The van der Waals surface area contributed by atoms with Gasteiger partial charge in [0.25, 0.3) is 5.56 Å². The Kier molecular flexibility index (Phi) is 9.69. The zero-order chi connectivity index (χ0) is 24.4. The molecule has 180 valence electrons. The highest BCUT2D eigenvalue weighted by Crippen LogP contribution is 2.64. The fourth-order valence-corrected chi connectivity index (χ4v) is 4.90. The van der Waals surface area contributed by atoms with Gasteiger partial charge in [0.05, 0.1) is 11.1 Å². The number of hydrogen-bond acceptors (Lipinski definition) is 11. The number of ether oxygens (including phenoxy) is 1. The summed E-state index contributed by atoms with van der Waals surface area (Å²) in [7, 11) is -16.2. The summed E-state index contributed by atoms with van der Waals surface area (Å²) in [5, 5.41) is 28.3. The van der Waals surface area contributed by atoms with Crippen molar-refractivity contribution >= 4 is 39.4 Å². The SMILES string of the molecule is O=P(O)(O)OP(=O)(O)OP(=O)(O)O.O=c1[nH]c(=O)n([C@@H]2O[C@H](CO)[C@@H](O)[C@H]2O)cc1Br. The number of aromatic amines is 1. The van der Waals surface area contributed by atoms with E-state index in [1.807, 2.05) is 4.98 Å². The van der Waals surface area contributed by atoms with Crippen molar-refractivity contribution in [2.45, 2.75) is 24.5 Å². The fraction of sp³-hybridized carbons (Fsp3) is 0.556. The van der Waals surface area contributed by atoms with Crippen molar-refractivity contribution in [1.82, 2.24) is 9.55 Å². The summed E-state index contributed by atoms with van der Waals surface area (Å²) in [6.07, 6.45) is -3.68. The first-order chi connectivity index (χ1) is 13.9. The normalized spacial score (nSPS) is 24.5. The molecular weight excluding hydrogens is 565 g/mol. The lowest BCUT2D eigenvalue weighted by molar-refractivity contribution is -0.0551. The van der Waals surface area contributed by atoms with Crippen LogP contribution in [0.2, 0.25) is 0 Å². The molecule has 1 aromatic heterocycles. The van der Waals surface area contributed by atoms with Gasteiger partial charge in [-0.3, -0.25) is 14.3 Å². The van der Waals surface area contributed by atoms with Crippen molar-refractivity contribution in [3.05, 3.63) is 31.5 Å². The lowest BCUT2D eigenvalue weighted by atomic mass is 10.1. The molecule has 1 aliphatic heterocycles. The van der Waals surface area contributed by atoms with Crippen molar-refractivity contribution in [3.63, 3.8) is 0 Å². The monoisotopic (exact) mass is 580 g/mol. The van der Waals surface area contributed by atoms with Crippen molar-refractivity contribution in [3.8, 4) is 0 Å². The second kappa shape index (κ2) is 10.6. The molecule has 0 aliphatic carbocycles. The second-order valence-corrected chi connectivity index (χ2v) is 10.5. The number of aliphatic hydroxyl groups is 3. The Bertz CT molecular complexity index is 1000. The van der Waals surface area contributed by atoms with Gasteiger partial charge in [-0.1, -0.05) is 0 Å². The van der Waals surface area contributed by atoms with E-state index in [0.717, 1.165) is 10.8 Å². The molecule has 18 nitrogen and oxygen atoms in total. The van der Waals surface area contributed by atoms with Gasteiger partial charge in [-0.05, 0) is 15.9 Å². The number of H-pyrrole nitrogens is 1. The van der Waals surface area contributed by atoms with Crippen LogP contribution in [0.1, 0.15) is 6.23 Å². The van der Waals surface area contributed by atoms with Crippen LogP contribution in [-0.2, 0) is 27.1 Å². The van der Waals surface area contributed by atoms with Gasteiger partial charge in [-0.15, -0.1) is 0 Å². The van der Waals surface area contributed by atoms with Gasteiger partial charge >= 0.3 is 29.2 Å². The van der Waals surface area contributed by atoms with Crippen LogP contribution in [0.4, 0.5) is 0 Å². The summed E-state index contributed by atoms with van der Waals surface area (Å²) in [6, 6.07) is 0. The Labute approximate surface area is 178 Å². The summed E-state index contributed by atoms with van der Waals surface area (Å²) in [5.41, 5.74) is -1.39. The standard InChI is InChI=1S/C9H11BrN2O6.H5O10P3/c10-3-1-12(9(17)11-7(3)16)8-6(15)5(14)4(2-13)18-8;1-11(2,3)9-13(7,8)10-12(4,5)6/h1,4-6,8,13-15H,2H2,(H,11,16,17);(H,7,8)(H2,1,2,3)(H2,4,5,6)/t4-,5-,6-,8-;/m1./s1. The van der Waals surface area contributed by atoms with Gasteiger partial charge in [0.2, 0.25) is 0 Å². The maximum absolute atomic E-state index is 11.6. The van der Waals surface area contributed by atoms with E-state index in [1.54, 1.807) is 0 Å². The zero-order valence-corrected chi connectivity index (χ0v) is 18.9. The minimum Gasteiger partial charge on any atom is -0.394 e. The third-order valence-electron chi connectivity index (χ3n) is 3.13. The highest BCUT2D eigenvalue weighted by Gasteiger charge is 2.44. The van der Waals surface area contributed by atoms with E-state index >= 15 is 0 Å². The van der Waals surface area contributed by atoms with Crippen LogP contribution in [0.5, 0.6) is 0 Å². The average molecular weight is 581 g/mol. The first-order valence-corrected chi connectivity index (χ1v) is 12.7. The minimum absolute atomic E-state index is 0.0832. The van der Waals surface area contributed by atoms with Crippen LogP contribution in [0.15, 0.2) is 20.3 Å². The smallest absolute Gasteiger partial charge is 0.394 e. The first kappa shape index (κ1) is 28.4. The molecule has 4 atom stereocenters. The molecule has 31 heavy (non-hydrogen) atoms. The third-order valence-corrected chi connectivity index (χ3v) is 7.05. The third kappa shape index (κ3) is 9.05. The van der Waals surface area contributed by atoms with Gasteiger partial charge in [0, 0.05) is 6.20 Å². The lowest BCUT2D eigenvalue weighted by Crippen LogP contribution is -2.38. The van der Waals surface area contributed by atoms with Crippen LogP contribution in [-0.4, -0.2) is 74.3 Å². The van der Waals surface area contributed by atoms with Crippen molar-refractivity contribution in [2.24, 2.45) is 0 Å². The molecule has 0 spiro atoms. The largest absolute Gasteiger partial charge is 0.490 e. The number of nitrogens with zero attached hydrogens (tertiary/aromatic N) is 1. The molecule has 2 heterocycles. The van der Waals surface area contributed by atoms with Crippen molar-refractivity contribution in [1.29, 1.82) is 0 Å². The summed E-state index contributed by atoms with van der Waals surface area (Å²) in [5.74, 6) is 0. The molecule has 1 aromatic rings. The van der Waals surface area contributed by atoms with E-state index < -0.39 is 65.9 Å². The molecule has 0 amide bonds. The zero-order valence-electron chi connectivity index (χ0n) is 14.6. The number of aromatic nitrogens is 2. The molecule has 0 saturated carbocycles. The summed E-state index contributed by atoms with van der Waals surface area (Å²) in [4.78, 5) is 65.0. The maximum Gasteiger partial charge on any atom is 0.490 e. The Balaban J connectivity index is 0.000000330. The Morgan fingerprint density at radius 3 is 1.90 bits per heavy atom. The Morgan fingerprint density at radius 1 is 1.03 bits per heavy atom. The van der Waals surface area contributed by atoms with Crippen LogP contribution < -0.4 is 11.2 Å². The highest BCUT2D eigenvalue weighted by atomic mass is 79.9. The number of rotatable bonds is 6. The molecule has 1 aliphatic rings. The predicted octanol–water partition coefficient (Wildman–Crippen LogP) is -2.78. The minimum atomic E-state index is -5.46. The topological polar surface area (TPSA) is 296 Å². The van der Waals surface area contributed by atoms with Gasteiger partial charge in [-0.2, -0.15) is 8.62 Å². The van der Waals surface area contributed by atoms with Crippen LogP contribution in [0.25, 0.3) is 0 Å². The van der Waals surface area contributed by atoms with E-state index in [2.05, 4.69) is 24.6 Å². The summed E-state index contributed by atoms with van der Waals surface area (Å²) >= 11 is 2.94. The molecule has 0 radical (unpaired) electrons. The molecule has 0 bridgehead atoms. The summed E-state index contributed by atoms with van der Waals surface area (Å²) in [6.45, 7) is -0.492. The number of nitrogens with one attached hydrogen (secondary N) is 1. The molecule has 1 saturated heterocycles. The number of phosphoric acid groups is 3. The van der Waals surface area contributed by atoms with E-state index in [4.69, 9.17) is 34.3 Å². The molecule has 9 N–H and O–H groups in total. The van der Waals surface area contributed by atoms with Gasteiger partial charge in [-0.25, -0.2) is 18.5 Å². The molecule has 0 unspecified atom stereocenters. The molecular formula is C9H16BrN2O16P3. The van der Waals surface area contributed by atoms with Crippen LogP contribution in [0.3, 0.4) is 0 Å². The molecule has 22 heteroatoms. The number of aliphatic hydroxyl groups excluding tert-OH is 3. The Morgan fingerprint density at radius 2 is 1.52 bits per heavy atom. The second-order valence-electron chi connectivity index (χ2n) is 5.49. The lowest BCUT2D eigenvalue weighted by Gasteiger charge is -2.17. The maximum atomic E-state index is 11.6. The van der Waals surface area contributed by atoms with E-state index in [9.17, 15) is 33.5 Å². The van der Waals surface area contributed by atoms with Gasteiger partial charge in [0.1, 0.15) is 18.3 Å². The number of halogens is 1. The molecule has 2 rings (SSSR count). The Hall–Kier alpha value is -0.590. The van der Waals surface area contributed by atoms with Gasteiger partial charge < -0.3 is 44.5 Å². The first-order valence-electron chi connectivity index (χ1n) is 7.37. The quantitative estimate of drug-likeness (QED) is 0.154. The van der Waals surface area contributed by atoms with Gasteiger partial charge in [0.15, 0.2) is 6.23 Å². The van der Waals surface area contributed by atoms with Crippen LogP contribution in [0, 0.1) is 0 Å². The van der Waals surface area contributed by atoms with E-state index in [0.29, 0.717) is 0 Å². The van der Waals surface area contributed by atoms with Crippen molar-refractivity contribution < 1.29 is 66.8 Å². The highest BCUT2D eigenvalue weighted by molar-refractivity contribution is 9.10. The average Bonchev–Trinajstić information content (AvgIpc) is 2.82. The van der Waals surface area contributed by atoms with Crippen molar-refractivity contribution in [2.75, 3.05) is 6.61 Å². The fourth-order valence-electron chi connectivity index (χ4n) is 2.04.